The molecule has 62 valence electrons. The molecular weight excluding hydrogens is 251 g/mol. The third-order valence-corrected chi connectivity index (χ3v) is 3.49. The maximum Gasteiger partial charge on any atom is 0.0983 e. The van der Waals surface area contributed by atoms with Crippen LogP contribution in [-0.2, 0) is 0 Å². The fraction of sp³-hybridized carbons (Fsp3) is 0.556. The van der Waals surface area contributed by atoms with Crippen molar-refractivity contribution in [3.05, 3.63) is 22.3 Å². The fourth-order valence-corrected chi connectivity index (χ4v) is 2.17. The van der Waals surface area contributed by atoms with E-state index in [4.69, 9.17) is 0 Å². The van der Waals surface area contributed by atoms with Gasteiger partial charge in [0.2, 0.25) is 0 Å². The Hall–Kier alpha value is 0.170. The van der Waals surface area contributed by atoms with Crippen LogP contribution in [0.15, 0.2) is 22.3 Å². The molecule has 0 bridgehead atoms. The summed E-state index contributed by atoms with van der Waals surface area (Å²) in [7, 11) is 0. The van der Waals surface area contributed by atoms with E-state index in [9.17, 15) is 5.11 Å². The van der Waals surface area contributed by atoms with Gasteiger partial charge in [-0.25, -0.2) is 0 Å². The zero-order chi connectivity index (χ0) is 8.32. The molecule has 1 rings (SSSR count). The van der Waals surface area contributed by atoms with Gasteiger partial charge in [-0.15, -0.1) is 6.58 Å². The van der Waals surface area contributed by atoms with Crippen LogP contribution in [0.5, 0.6) is 0 Å². The smallest absolute Gasteiger partial charge is 0.0983 e. The minimum absolute atomic E-state index is 0.583. The van der Waals surface area contributed by atoms with Gasteiger partial charge < -0.3 is 5.11 Å². The van der Waals surface area contributed by atoms with Crippen LogP contribution in [0, 0.1) is 0 Å². The number of hydrogen-bond acceptors (Lipinski definition) is 1. The van der Waals surface area contributed by atoms with E-state index in [1.54, 1.807) is 6.08 Å². The van der Waals surface area contributed by atoms with Gasteiger partial charge in [0, 0.05) is 3.58 Å². The van der Waals surface area contributed by atoms with Crippen molar-refractivity contribution >= 4 is 22.6 Å². The Morgan fingerprint density at radius 1 is 1.82 bits per heavy atom. The zero-order valence-electron chi connectivity index (χ0n) is 6.52. The van der Waals surface area contributed by atoms with Crippen LogP contribution in [0.1, 0.15) is 25.7 Å². The standard InChI is InChI=1S/C9H13IO/c1-2-6-9(11)7-4-3-5-8(9)10/h2,5,11H,1,3-4,6-7H2/t9-/m1/s1. The molecule has 0 aromatic rings. The van der Waals surface area contributed by atoms with Gasteiger partial charge in [-0.1, -0.05) is 12.2 Å². The summed E-state index contributed by atoms with van der Waals surface area (Å²) in [4.78, 5) is 0. The van der Waals surface area contributed by atoms with E-state index in [-0.39, 0.29) is 0 Å². The van der Waals surface area contributed by atoms with Crippen molar-refractivity contribution in [3.63, 3.8) is 0 Å². The summed E-state index contributed by atoms with van der Waals surface area (Å²) >= 11 is 2.22. The fourth-order valence-electron chi connectivity index (χ4n) is 1.37. The molecule has 1 aliphatic carbocycles. The van der Waals surface area contributed by atoms with E-state index in [1.165, 1.54) is 0 Å². The molecule has 0 radical (unpaired) electrons. The van der Waals surface area contributed by atoms with E-state index in [1.807, 2.05) is 0 Å². The lowest BCUT2D eigenvalue weighted by molar-refractivity contribution is 0.0759. The molecule has 0 amide bonds. The summed E-state index contributed by atoms with van der Waals surface area (Å²) in [5, 5.41) is 9.99. The van der Waals surface area contributed by atoms with Crippen molar-refractivity contribution in [2.24, 2.45) is 0 Å². The molecule has 1 nitrogen and oxygen atoms in total. The predicted octanol–water partition coefficient (Wildman–Crippen LogP) is 2.80. The highest BCUT2D eigenvalue weighted by Crippen LogP contribution is 2.36. The topological polar surface area (TPSA) is 20.2 Å². The van der Waals surface area contributed by atoms with E-state index < -0.39 is 5.60 Å². The van der Waals surface area contributed by atoms with E-state index in [0.717, 1.165) is 22.8 Å². The summed E-state index contributed by atoms with van der Waals surface area (Å²) < 4.78 is 1.08. The van der Waals surface area contributed by atoms with Crippen LogP contribution in [0.25, 0.3) is 0 Å². The zero-order valence-corrected chi connectivity index (χ0v) is 8.67. The second-order valence-corrected chi connectivity index (χ2v) is 4.13. The molecule has 1 aliphatic rings. The van der Waals surface area contributed by atoms with Crippen LogP contribution in [0.4, 0.5) is 0 Å². The highest BCUT2D eigenvalue weighted by Gasteiger charge is 2.30. The average molecular weight is 264 g/mol. The summed E-state index contributed by atoms with van der Waals surface area (Å²) in [6, 6.07) is 0. The maximum absolute atomic E-state index is 9.99. The number of halogens is 1. The molecule has 0 heterocycles. The molecule has 0 saturated carbocycles. The summed E-state index contributed by atoms with van der Waals surface area (Å²) in [6.45, 7) is 3.64. The number of aliphatic hydroxyl groups is 1. The van der Waals surface area contributed by atoms with Gasteiger partial charge in [0.1, 0.15) is 0 Å². The first-order valence-corrected chi connectivity index (χ1v) is 4.96. The average Bonchev–Trinajstić information content (AvgIpc) is 1.96. The lowest BCUT2D eigenvalue weighted by Crippen LogP contribution is -2.30. The molecule has 0 fully saturated rings. The Morgan fingerprint density at radius 3 is 3.09 bits per heavy atom. The highest BCUT2D eigenvalue weighted by molar-refractivity contribution is 14.1. The van der Waals surface area contributed by atoms with Crippen LogP contribution in [0.2, 0.25) is 0 Å². The molecule has 2 heteroatoms. The largest absolute Gasteiger partial charge is 0.384 e. The number of hydrogen-bond donors (Lipinski definition) is 1. The van der Waals surface area contributed by atoms with Gasteiger partial charge in [0.25, 0.3) is 0 Å². The molecule has 0 unspecified atom stereocenters. The first kappa shape index (κ1) is 9.26. The monoisotopic (exact) mass is 264 g/mol. The molecule has 0 aromatic heterocycles. The molecular formula is C9H13IO. The molecule has 1 N–H and O–H groups in total. The molecule has 1 atom stereocenters. The van der Waals surface area contributed by atoms with E-state index in [0.29, 0.717) is 6.42 Å². The Bertz CT molecular complexity index is 186. The van der Waals surface area contributed by atoms with Crippen molar-refractivity contribution in [1.82, 2.24) is 0 Å². The Labute approximate surface area is 81.3 Å². The Balaban J connectivity index is 2.73. The minimum atomic E-state index is -0.583. The Kier molecular flexibility index (Phi) is 3.13. The quantitative estimate of drug-likeness (QED) is 0.600. The Morgan fingerprint density at radius 2 is 2.55 bits per heavy atom. The van der Waals surface area contributed by atoms with Crippen LogP contribution in [-0.4, -0.2) is 10.7 Å². The first-order valence-electron chi connectivity index (χ1n) is 3.88. The number of rotatable bonds is 2. The predicted molar refractivity (Wildman–Crippen MR) is 55.7 cm³/mol. The van der Waals surface area contributed by atoms with Crippen molar-refractivity contribution in [2.45, 2.75) is 31.3 Å². The molecule has 0 aromatic carbocycles. The molecule has 0 aliphatic heterocycles. The van der Waals surface area contributed by atoms with Gasteiger partial charge in [0.15, 0.2) is 0 Å². The molecule has 11 heavy (non-hydrogen) atoms. The van der Waals surface area contributed by atoms with E-state index >= 15 is 0 Å². The second kappa shape index (κ2) is 3.72. The van der Waals surface area contributed by atoms with Crippen molar-refractivity contribution in [1.29, 1.82) is 0 Å². The minimum Gasteiger partial charge on any atom is -0.384 e. The van der Waals surface area contributed by atoms with Crippen molar-refractivity contribution in [2.75, 3.05) is 0 Å². The summed E-state index contributed by atoms with van der Waals surface area (Å²) in [5.41, 5.74) is -0.583. The van der Waals surface area contributed by atoms with Gasteiger partial charge >= 0.3 is 0 Å². The van der Waals surface area contributed by atoms with Crippen LogP contribution in [0.3, 0.4) is 0 Å². The van der Waals surface area contributed by atoms with Gasteiger partial charge in [-0.3, -0.25) is 0 Å². The van der Waals surface area contributed by atoms with Crippen molar-refractivity contribution in [3.8, 4) is 0 Å². The van der Waals surface area contributed by atoms with Gasteiger partial charge in [0.05, 0.1) is 5.60 Å². The van der Waals surface area contributed by atoms with Gasteiger partial charge in [-0.2, -0.15) is 0 Å². The third kappa shape index (κ3) is 2.06. The lowest BCUT2D eigenvalue weighted by Gasteiger charge is -2.29. The second-order valence-electron chi connectivity index (χ2n) is 2.97. The lowest BCUT2D eigenvalue weighted by atomic mass is 9.88. The molecule has 0 saturated heterocycles. The normalized spacial score (nSPS) is 31.3. The van der Waals surface area contributed by atoms with Crippen LogP contribution < -0.4 is 0 Å². The first-order chi connectivity index (χ1) is 5.19. The summed E-state index contributed by atoms with van der Waals surface area (Å²) in [6.07, 6.45) is 7.68. The molecule has 0 spiro atoms. The SMILES string of the molecule is C=CC[C@@]1(O)CCCC=C1I. The van der Waals surface area contributed by atoms with Crippen LogP contribution >= 0.6 is 22.6 Å². The number of allylic oxidation sites excluding steroid dienone is 1. The van der Waals surface area contributed by atoms with Gasteiger partial charge in [-0.05, 0) is 48.3 Å². The van der Waals surface area contributed by atoms with E-state index in [2.05, 4.69) is 35.2 Å². The van der Waals surface area contributed by atoms with Crippen molar-refractivity contribution < 1.29 is 5.11 Å². The maximum atomic E-state index is 9.99. The summed E-state index contributed by atoms with van der Waals surface area (Å²) in [5.74, 6) is 0. The third-order valence-electron chi connectivity index (χ3n) is 2.04. The highest BCUT2D eigenvalue weighted by atomic mass is 127.